The molecule has 1 unspecified atom stereocenters. The minimum atomic E-state index is -0.888. The lowest BCUT2D eigenvalue weighted by molar-refractivity contribution is -0.131. The fourth-order valence-electron chi connectivity index (χ4n) is 4.71. The Labute approximate surface area is 152 Å². The third kappa shape index (κ3) is 7.10. The maximum Gasteiger partial charge on any atom is 0.327 e. The lowest BCUT2D eigenvalue weighted by atomic mass is 9.85. The van der Waals surface area contributed by atoms with E-state index in [2.05, 4.69) is 6.92 Å². The summed E-state index contributed by atoms with van der Waals surface area (Å²) >= 11 is 0. The van der Waals surface area contributed by atoms with Gasteiger partial charge in [0.1, 0.15) is 0 Å². The average Bonchev–Trinajstić information content (AvgIpc) is 3.23. The normalized spacial score (nSPS) is 33.0. The van der Waals surface area contributed by atoms with Crippen LogP contribution in [0.15, 0.2) is 12.2 Å². The number of hydrogen-bond acceptors (Lipinski definition) is 3. The quantitative estimate of drug-likeness (QED) is 0.364. The largest absolute Gasteiger partial charge is 0.478 e. The summed E-state index contributed by atoms with van der Waals surface area (Å²) in [6, 6.07) is 0. The zero-order valence-corrected chi connectivity index (χ0v) is 15.6. The maximum absolute atomic E-state index is 10.4. The molecule has 4 nitrogen and oxygen atoms in total. The average molecular weight is 353 g/mol. The Hall–Kier alpha value is -0.870. The Morgan fingerprint density at radius 2 is 1.96 bits per heavy atom. The van der Waals surface area contributed by atoms with Gasteiger partial charge >= 0.3 is 5.97 Å². The first-order chi connectivity index (χ1) is 12.0. The molecule has 0 radical (unpaired) electrons. The van der Waals surface area contributed by atoms with Crippen molar-refractivity contribution in [2.45, 2.75) is 89.8 Å². The first-order valence-corrected chi connectivity index (χ1v) is 10.3. The van der Waals surface area contributed by atoms with Crippen LogP contribution in [-0.2, 0) is 4.79 Å². The Bertz CT molecular complexity index is 434. The number of unbranched alkanes of at least 4 members (excludes halogenated alkanes) is 2. The molecule has 144 valence electrons. The van der Waals surface area contributed by atoms with Gasteiger partial charge in [-0.25, -0.2) is 4.79 Å². The zero-order chi connectivity index (χ0) is 18.2. The van der Waals surface area contributed by atoms with Crippen LogP contribution in [-0.4, -0.2) is 33.5 Å². The molecule has 0 heterocycles. The summed E-state index contributed by atoms with van der Waals surface area (Å²) in [5.41, 5.74) is 0. The SMILES string of the molecule is CC[C@H]1C[C@H]1CC(O)CC[C@H]1CC[C@H](O)[C@@H]1CCCCC=CC(=O)O. The highest BCUT2D eigenvalue weighted by atomic mass is 16.4. The molecule has 2 aliphatic carbocycles. The minimum Gasteiger partial charge on any atom is -0.478 e. The van der Waals surface area contributed by atoms with Crippen molar-refractivity contribution in [2.24, 2.45) is 23.7 Å². The number of carboxylic acids is 1. The van der Waals surface area contributed by atoms with E-state index in [9.17, 15) is 15.0 Å². The van der Waals surface area contributed by atoms with E-state index in [0.717, 1.165) is 69.6 Å². The predicted molar refractivity (Wildman–Crippen MR) is 99.2 cm³/mol. The number of hydrogen-bond donors (Lipinski definition) is 3. The molecule has 0 aromatic heterocycles. The Kier molecular flexibility index (Phi) is 8.44. The molecule has 0 aromatic carbocycles. The predicted octanol–water partition coefficient (Wildman–Crippen LogP) is 4.15. The molecule has 0 saturated heterocycles. The third-order valence-electron chi connectivity index (χ3n) is 6.39. The molecule has 0 aromatic rings. The minimum absolute atomic E-state index is 0.166. The summed E-state index contributed by atoms with van der Waals surface area (Å²) in [4.78, 5) is 10.4. The van der Waals surface area contributed by atoms with Crippen LogP contribution in [0.5, 0.6) is 0 Å². The van der Waals surface area contributed by atoms with Gasteiger partial charge in [0.2, 0.25) is 0 Å². The van der Waals surface area contributed by atoms with E-state index in [1.165, 1.54) is 18.9 Å². The zero-order valence-electron chi connectivity index (χ0n) is 15.6. The summed E-state index contributed by atoms with van der Waals surface area (Å²) in [5, 5.41) is 29.1. The number of allylic oxidation sites excluding steroid dienone is 1. The number of carboxylic acid groups (broad SMARTS) is 1. The van der Waals surface area contributed by atoms with Crippen molar-refractivity contribution in [2.75, 3.05) is 0 Å². The number of carbonyl (C=O) groups is 1. The van der Waals surface area contributed by atoms with Crippen LogP contribution in [0.4, 0.5) is 0 Å². The van der Waals surface area contributed by atoms with Gasteiger partial charge in [0.05, 0.1) is 12.2 Å². The van der Waals surface area contributed by atoms with Gasteiger partial charge in [-0.05, 0) is 81.5 Å². The molecular weight excluding hydrogens is 316 g/mol. The molecule has 3 N–H and O–H groups in total. The molecule has 2 rings (SSSR count). The van der Waals surface area contributed by atoms with Crippen molar-refractivity contribution in [1.82, 2.24) is 0 Å². The molecule has 4 heteroatoms. The monoisotopic (exact) mass is 352 g/mol. The van der Waals surface area contributed by atoms with Crippen LogP contribution < -0.4 is 0 Å². The van der Waals surface area contributed by atoms with E-state index in [4.69, 9.17) is 5.11 Å². The summed E-state index contributed by atoms with van der Waals surface area (Å²) in [6.07, 6.45) is 13.8. The number of aliphatic carboxylic acids is 1. The van der Waals surface area contributed by atoms with Gasteiger partial charge < -0.3 is 15.3 Å². The second-order valence-corrected chi connectivity index (χ2v) is 8.22. The molecule has 0 spiro atoms. The number of rotatable bonds is 12. The summed E-state index contributed by atoms with van der Waals surface area (Å²) in [7, 11) is 0. The molecule has 2 saturated carbocycles. The maximum atomic E-state index is 10.4. The van der Waals surface area contributed by atoms with E-state index >= 15 is 0 Å². The highest BCUT2D eigenvalue weighted by molar-refractivity contribution is 5.79. The second kappa shape index (κ2) is 10.3. The van der Waals surface area contributed by atoms with Crippen molar-refractivity contribution < 1.29 is 20.1 Å². The van der Waals surface area contributed by atoms with Crippen molar-refractivity contribution in [1.29, 1.82) is 0 Å². The van der Waals surface area contributed by atoms with Crippen LogP contribution in [0.25, 0.3) is 0 Å². The first kappa shape index (κ1) is 20.4. The van der Waals surface area contributed by atoms with Crippen molar-refractivity contribution in [3.8, 4) is 0 Å². The van der Waals surface area contributed by atoms with Gasteiger partial charge in [-0.15, -0.1) is 0 Å². The van der Waals surface area contributed by atoms with Crippen LogP contribution in [0.1, 0.15) is 77.6 Å². The lowest BCUT2D eigenvalue weighted by Gasteiger charge is -2.23. The molecule has 25 heavy (non-hydrogen) atoms. The summed E-state index contributed by atoms with van der Waals surface area (Å²) in [5.74, 6) is 1.62. The molecule has 2 aliphatic rings. The Morgan fingerprint density at radius 3 is 2.64 bits per heavy atom. The van der Waals surface area contributed by atoms with Gasteiger partial charge in [0.25, 0.3) is 0 Å². The second-order valence-electron chi connectivity index (χ2n) is 8.22. The van der Waals surface area contributed by atoms with Crippen molar-refractivity contribution >= 4 is 5.97 Å². The van der Waals surface area contributed by atoms with E-state index < -0.39 is 5.97 Å². The van der Waals surface area contributed by atoms with Gasteiger partial charge in [0.15, 0.2) is 0 Å². The summed E-state index contributed by atoms with van der Waals surface area (Å²) in [6.45, 7) is 2.24. The molecule has 0 bridgehead atoms. The standard InChI is InChI=1S/C21H36O4/c1-2-15-13-17(15)14-18(22)11-9-16-10-12-20(23)19(16)7-5-3-4-6-8-21(24)25/h6,8,15-20,22-23H,2-5,7,9-14H2,1H3,(H,24,25)/t15-,16-,17-,18?,19+,20-/m0/s1. The molecule has 0 amide bonds. The fraction of sp³-hybridized carbons (Fsp3) is 0.857. The Morgan fingerprint density at radius 1 is 1.16 bits per heavy atom. The van der Waals surface area contributed by atoms with Gasteiger partial charge in [-0.2, -0.15) is 0 Å². The molecule has 6 atom stereocenters. The smallest absolute Gasteiger partial charge is 0.327 e. The molecule has 0 aliphatic heterocycles. The number of aliphatic hydroxyl groups excluding tert-OH is 2. The highest BCUT2D eigenvalue weighted by Crippen LogP contribution is 2.45. The van der Waals surface area contributed by atoms with Crippen molar-refractivity contribution in [3.63, 3.8) is 0 Å². The van der Waals surface area contributed by atoms with E-state index in [1.807, 2.05) is 0 Å². The van der Waals surface area contributed by atoms with Gasteiger partial charge in [0, 0.05) is 6.08 Å². The fourth-order valence-corrected chi connectivity index (χ4v) is 4.71. The Balaban J connectivity index is 1.62. The van der Waals surface area contributed by atoms with E-state index in [0.29, 0.717) is 11.8 Å². The third-order valence-corrected chi connectivity index (χ3v) is 6.39. The topological polar surface area (TPSA) is 77.8 Å². The van der Waals surface area contributed by atoms with Crippen LogP contribution in [0.2, 0.25) is 0 Å². The van der Waals surface area contributed by atoms with E-state index in [1.54, 1.807) is 6.08 Å². The number of aliphatic hydroxyl groups is 2. The lowest BCUT2D eigenvalue weighted by Crippen LogP contribution is -2.20. The van der Waals surface area contributed by atoms with Gasteiger partial charge in [-0.3, -0.25) is 0 Å². The first-order valence-electron chi connectivity index (χ1n) is 10.3. The van der Waals surface area contributed by atoms with Gasteiger partial charge in [-0.1, -0.05) is 25.8 Å². The van der Waals surface area contributed by atoms with Crippen LogP contribution in [0, 0.1) is 23.7 Å². The van der Waals surface area contributed by atoms with Crippen LogP contribution >= 0.6 is 0 Å². The molecular formula is C21H36O4. The molecule has 2 fully saturated rings. The summed E-state index contributed by atoms with van der Waals surface area (Å²) < 4.78 is 0. The van der Waals surface area contributed by atoms with Crippen molar-refractivity contribution in [3.05, 3.63) is 12.2 Å². The van der Waals surface area contributed by atoms with E-state index in [-0.39, 0.29) is 12.2 Å². The van der Waals surface area contributed by atoms with Crippen LogP contribution in [0.3, 0.4) is 0 Å². The highest BCUT2D eigenvalue weighted by Gasteiger charge is 2.37.